The summed E-state index contributed by atoms with van der Waals surface area (Å²) in [5.74, 6) is -1.59. The molecule has 1 aliphatic rings. The van der Waals surface area contributed by atoms with Crippen LogP contribution < -0.4 is 0 Å². The Labute approximate surface area is 89.2 Å². The molecule has 15 heavy (non-hydrogen) atoms. The van der Waals surface area contributed by atoms with Crippen LogP contribution in [-0.2, 0) is 20.2 Å². The van der Waals surface area contributed by atoms with Gasteiger partial charge in [0.1, 0.15) is 0 Å². The van der Waals surface area contributed by atoms with Gasteiger partial charge in [-0.25, -0.2) is 0 Å². The summed E-state index contributed by atoms with van der Waals surface area (Å²) in [7, 11) is -8.15. The van der Waals surface area contributed by atoms with Crippen LogP contribution in [0.3, 0.4) is 0 Å². The Morgan fingerprint density at radius 3 is 1.47 bits per heavy atom. The fraction of sp³-hybridized carbons (Fsp3) is 1.00. The summed E-state index contributed by atoms with van der Waals surface area (Å²) in [6.07, 6.45) is 1.86. The smallest absolute Gasteiger partial charge is 0.265 e. The fourth-order valence-electron chi connectivity index (χ4n) is 2.09. The summed E-state index contributed by atoms with van der Waals surface area (Å²) in [6.45, 7) is 0. The van der Waals surface area contributed by atoms with Crippen LogP contribution in [0, 0.1) is 11.8 Å². The Balaban J connectivity index is 2.66. The first-order chi connectivity index (χ1) is 6.67. The minimum atomic E-state index is -4.07. The van der Waals surface area contributed by atoms with E-state index >= 15 is 0 Å². The van der Waals surface area contributed by atoms with Crippen molar-refractivity contribution < 1.29 is 25.9 Å². The van der Waals surface area contributed by atoms with Gasteiger partial charge in [0.05, 0.1) is 11.5 Å². The van der Waals surface area contributed by atoms with Gasteiger partial charge >= 0.3 is 0 Å². The van der Waals surface area contributed by atoms with Gasteiger partial charge in [0.2, 0.25) is 0 Å². The van der Waals surface area contributed by atoms with Crippen LogP contribution in [0.15, 0.2) is 0 Å². The van der Waals surface area contributed by atoms with Gasteiger partial charge in [0.15, 0.2) is 0 Å². The van der Waals surface area contributed by atoms with E-state index in [2.05, 4.69) is 0 Å². The Morgan fingerprint density at radius 2 is 1.20 bits per heavy atom. The van der Waals surface area contributed by atoms with Crippen molar-refractivity contribution >= 4 is 20.2 Å². The third kappa shape index (κ3) is 4.92. The lowest BCUT2D eigenvalue weighted by atomic mass is 10.0. The van der Waals surface area contributed by atoms with E-state index in [1.54, 1.807) is 0 Å². The van der Waals surface area contributed by atoms with E-state index in [0.29, 0.717) is 12.8 Å². The van der Waals surface area contributed by atoms with Crippen molar-refractivity contribution in [3.63, 3.8) is 0 Å². The van der Waals surface area contributed by atoms with Gasteiger partial charge in [-0.3, -0.25) is 9.11 Å². The molecule has 0 aromatic carbocycles. The van der Waals surface area contributed by atoms with Gasteiger partial charge in [0, 0.05) is 0 Å². The van der Waals surface area contributed by atoms with E-state index in [9.17, 15) is 16.8 Å². The molecule has 1 fully saturated rings. The Morgan fingerprint density at radius 1 is 0.867 bits per heavy atom. The molecule has 0 spiro atoms. The third-order valence-corrected chi connectivity index (χ3v) is 4.36. The van der Waals surface area contributed by atoms with Gasteiger partial charge in [-0.1, -0.05) is 6.42 Å². The van der Waals surface area contributed by atoms with E-state index in [-0.39, 0.29) is 11.8 Å². The van der Waals surface area contributed by atoms with E-state index in [0.717, 1.165) is 6.42 Å². The molecule has 8 heteroatoms. The molecule has 2 atom stereocenters. The van der Waals surface area contributed by atoms with Crippen LogP contribution in [0.5, 0.6) is 0 Å². The molecule has 0 heterocycles. The molecule has 2 N–H and O–H groups in total. The van der Waals surface area contributed by atoms with Gasteiger partial charge in [-0.15, -0.1) is 0 Å². The molecule has 2 unspecified atom stereocenters. The fourth-order valence-corrected chi connectivity index (χ4v) is 4.05. The predicted octanol–water partition coefficient (Wildman–Crippen LogP) is 0.178. The third-order valence-electron chi connectivity index (χ3n) is 2.67. The maximum absolute atomic E-state index is 10.6. The summed E-state index contributed by atoms with van der Waals surface area (Å²) in [4.78, 5) is 0. The lowest BCUT2D eigenvalue weighted by Gasteiger charge is -2.16. The first-order valence-corrected chi connectivity index (χ1v) is 7.79. The molecule has 90 valence electrons. The van der Waals surface area contributed by atoms with Gasteiger partial charge < -0.3 is 0 Å². The molecule has 0 saturated heterocycles. The summed E-state index contributed by atoms with van der Waals surface area (Å²) in [5.41, 5.74) is 0. The highest BCUT2D eigenvalue weighted by atomic mass is 32.2. The highest BCUT2D eigenvalue weighted by Crippen LogP contribution is 2.33. The van der Waals surface area contributed by atoms with Crippen molar-refractivity contribution in [3.05, 3.63) is 0 Å². The van der Waals surface area contributed by atoms with Gasteiger partial charge in [-0.2, -0.15) is 16.8 Å². The molecule has 1 saturated carbocycles. The van der Waals surface area contributed by atoms with Crippen LogP contribution in [0.2, 0.25) is 0 Å². The SMILES string of the molecule is O=S(=O)(O)CC1CCCC1CS(=O)(=O)O. The maximum atomic E-state index is 10.6. The van der Waals surface area contributed by atoms with Crippen molar-refractivity contribution in [2.24, 2.45) is 11.8 Å². The van der Waals surface area contributed by atoms with E-state index in [4.69, 9.17) is 9.11 Å². The highest BCUT2D eigenvalue weighted by molar-refractivity contribution is 7.86. The van der Waals surface area contributed by atoms with Crippen molar-refractivity contribution in [1.29, 1.82) is 0 Å². The molecule has 0 aromatic heterocycles. The molecule has 0 aliphatic heterocycles. The standard InChI is InChI=1S/C7H14O6S2/c8-14(9,10)4-6-2-1-3-7(6)5-15(11,12)13/h6-7H,1-5H2,(H,8,9,10)(H,11,12,13). The van der Waals surface area contributed by atoms with Crippen LogP contribution >= 0.6 is 0 Å². The van der Waals surface area contributed by atoms with Crippen molar-refractivity contribution in [3.8, 4) is 0 Å². The van der Waals surface area contributed by atoms with Crippen LogP contribution in [0.25, 0.3) is 0 Å². The first-order valence-electron chi connectivity index (χ1n) is 4.58. The zero-order valence-corrected chi connectivity index (χ0v) is 9.67. The van der Waals surface area contributed by atoms with Crippen molar-refractivity contribution in [2.45, 2.75) is 19.3 Å². The Kier molecular flexibility index (Phi) is 3.75. The van der Waals surface area contributed by atoms with Crippen LogP contribution in [0.1, 0.15) is 19.3 Å². The molecule has 0 amide bonds. The van der Waals surface area contributed by atoms with Crippen LogP contribution in [0.4, 0.5) is 0 Å². The lowest BCUT2D eigenvalue weighted by Crippen LogP contribution is -2.24. The van der Waals surface area contributed by atoms with Crippen molar-refractivity contribution in [2.75, 3.05) is 11.5 Å². The Hall–Kier alpha value is -0.180. The van der Waals surface area contributed by atoms with Crippen molar-refractivity contribution in [1.82, 2.24) is 0 Å². The number of hydrogen-bond donors (Lipinski definition) is 2. The summed E-state index contributed by atoms with van der Waals surface area (Å²) in [6, 6.07) is 0. The first kappa shape index (κ1) is 12.9. The molecular weight excluding hydrogens is 244 g/mol. The zero-order valence-electron chi connectivity index (χ0n) is 8.03. The van der Waals surface area contributed by atoms with Gasteiger partial charge in [0.25, 0.3) is 20.2 Å². The van der Waals surface area contributed by atoms with Gasteiger partial charge in [-0.05, 0) is 24.7 Å². The number of rotatable bonds is 4. The largest absolute Gasteiger partial charge is 0.286 e. The number of hydrogen-bond acceptors (Lipinski definition) is 4. The summed E-state index contributed by atoms with van der Waals surface area (Å²) in [5, 5.41) is 0. The summed E-state index contributed by atoms with van der Waals surface area (Å²) < 4.78 is 59.9. The van der Waals surface area contributed by atoms with E-state index in [1.165, 1.54) is 0 Å². The maximum Gasteiger partial charge on any atom is 0.265 e. The molecule has 1 aliphatic carbocycles. The topological polar surface area (TPSA) is 109 Å². The second-order valence-corrected chi connectivity index (χ2v) is 6.94. The molecule has 0 aromatic rings. The summed E-state index contributed by atoms with van der Waals surface area (Å²) >= 11 is 0. The molecular formula is C7H14O6S2. The average Bonchev–Trinajstić information content (AvgIpc) is 2.29. The minimum absolute atomic E-state index is 0.373. The molecule has 1 rings (SSSR count). The average molecular weight is 258 g/mol. The second kappa shape index (κ2) is 4.36. The van der Waals surface area contributed by atoms with Crippen LogP contribution in [-0.4, -0.2) is 37.4 Å². The quantitative estimate of drug-likeness (QED) is 0.696. The minimum Gasteiger partial charge on any atom is -0.286 e. The monoisotopic (exact) mass is 258 g/mol. The van der Waals surface area contributed by atoms with E-state index < -0.39 is 31.7 Å². The lowest BCUT2D eigenvalue weighted by molar-refractivity contribution is 0.406. The normalized spacial score (nSPS) is 28.1. The Bertz CT molecular complexity index is 369. The highest BCUT2D eigenvalue weighted by Gasteiger charge is 2.33. The molecule has 0 radical (unpaired) electrons. The molecule has 6 nitrogen and oxygen atoms in total. The zero-order chi connectivity index (χ0) is 11.7. The second-order valence-electron chi connectivity index (χ2n) is 3.95. The predicted molar refractivity (Wildman–Crippen MR) is 53.7 cm³/mol. The van der Waals surface area contributed by atoms with E-state index in [1.807, 2.05) is 0 Å². The molecule has 0 bridgehead atoms.